The van der Waals surface area contributed by atoms with Crippen LogP contribution in [0.4, 0.5) is 11.4 Å². The van der Waals surface area contributed by atoms with Crippen LogP contribution in [-0.4, -0.2) is 12.5 Å². The first-order valence-corrected chi connectivity index (χ1v) is 7.95. The predicted octanol–water partition coefficient (Wildman–Crippen LogP) is 3.52. The third-order valence-electron chi connectivity index (χ3n) is 4.70. The summed E-state index contributed by atoms with van der Waals surface area (Å²) in [7, 11) is 0. The summed E-state index contributed by atoms with van der Waals surface area (Å²) in [6.07, 6.45) is 9.22. The van der Waals surface area contributed by atoms with Gasteiger partial charge in [-0.1, -0.05) is 31.7 Å². The van der Waals surface area contributed by atoms with Crippen LogP contribution in [0.25, 0.3) is 0 Å². The normalized spacial score (nSPS) is 20.3. The topological polar surface area (TPSA) is 46.3 Å². The lowest BCUT2D eigenvalue weighted by molar-refractivity contribution is -0.122. The van der Waals surface area contributed by atoms with Crippen molar-refractivity contribution in [2.75, 3.05) is 17.2 Å². The number of carbonyl (C=O) groups excluding carboxylic acids is 1. The molecule has 1 saturated carbocycles. The van der Waals surface area contributed by atoms with Crippen molar-refractivity contribution in [1.29, 1.82) is 0 Å². The molecule has 0 unspecified atom stereocenters. The van der Waals surface area contributed by atoms with E-state index in [0.29, 0.717) is 5.91 Å². The van der Waals surface area contributed by atoms with Gasteiger partial charge in [-0.3, -0.25) is 4.79 Å². The first kappa shape index (κ1) is 13.5. The van der Waals surface area contributed by atoms with Crippen molar-refractivity contribution in [3.05, 3.63) is 23.8 Å². The molecule has 0 spiro atoms. The summed E-state index contributed by atoms with van der Waals surface area (Å²) in [4.78, 5) is 14.9. The zero-order chi connectivity index (χ0) is 13.9. The molecule has 1 heterocycles. The fraction of sp³-hybridized carbons (Fsp3) is 0.588. The lowest BCUT2D eigenvalue weighted by Gasteiger charge is -2.32. The molecule has 20 heavy (non-hydrogen) atoms. The zero-order valence-electron chi connectivity index (χ0n) is 12.1. The van der Waals surface area contributed by atoms with Gasteiger partial charge >= 0.3 is 0 Å². The fourth-order valence-electron chi connectivity index (χ4n) is 3.57. The lowest BCUT2D eigenvalue weighted by Crippen LogP contribution is -2.39. The molecule has 1 aromatic carbocycles. The standard InChI is InChI=1S/C17H24N2O/c18-15-10-9-13-8-5-11-19(16(13)12-15)17(20)14-6-3-1-2-4-7-14/h9-10,12,14H,1-8,11,18H2. The molecule has 1 fully saturated rings. The number of nitrogens with zero attached hydrogens (tertiary/aromatic N) is 1. The lowest BCUT2D eigenvalue weighted by atomic mass is 9.95. The maximum atomic E-state index is 12.9. The highest BCUT2D eigenvalue weighted by Gasteiger charge is 2.29. The minimum absolute atomic E-state index is 0.227. The molecular weight excluding hydrogens is 248 g/mol. The van der Waals surface area contributed by atoms with Crippen LogP contribution in [-0.2, 0) is 11.2 Å². The largest absolute Gasteiger partial charge is 0.399 e. The van der Waals surface area contributed by atoms with Crippen molar-refractivity contribution in [2.45, 2.75) is 51.4 Å². The van der Waals surface area contributed by atoms with Gasteiger partial charge in [0.2, 0.25) is 5.91 Å². The van der Waals surface area contributed by atoms with Gasteiger partial charge in [-0.05, 0) is 43.4 Å². The number of rotatable bonds is 1. The molecule has 1 aliphatic carbocycles. The molecule has 0 bridgehead atoms. The van der Waals surface area contributed by atoms with Crippen molar-refractivity contribution in [2.24, 2.45) is 5.92 Å². The Bertz CT molecular complexity index is 490. The first-order chi connectivity index (χ1) is 9.75. The smallest absolute Gasteiger partial charge is 0.230 e. The van der Waals surface area contributed by atoms with E-state index in [4.69, 9.17) is 5.73 Å². The van der Waals surface area contributed by atoms with Gasteiger partial charge in [-0.2, -0.15) is 0 Å². The van der Waals surface area contributed by atoms with Gasteiger partial charge in [0.15, 0.2) is 0 Å². The zero-order valence-corrected chi connectivity index (χ0v) is 12.1. The second kappa shape index (κ2) is 5.86. The molecule has 0 saturated heterocycles. The van der Waals surface area contributed by atoms with Crippen molar-refractivity contribution in [3.8, 4) is 0 Å². The molecule has 108 valence electrons. The van der Waals surface area contributed by atoms with Crippen LogP contribution in [0, 0.1) is 5.92 Å². The van der Waals surface area contributed by atoms with E-state index in [2.05, 4.69) is 6.07 Å². The van der Waals surface area contributed by atoms with E-state index in [9.17, 15) is 4.79 Å². The number of hydrogen-bond acceptors (Lipinski definition) is 2. The van der Waals surface area contributed by atoms with Crippen LogP contribution >= 0.6 is 0 Å². The number of anilines is 2. The number of aryl methyl sites for hydroxylation is 1. The van der Waals surface area contributed by atoms with E-state index in [0.717, 1.165) is 43.6 Å². The van der Waals surface area contributed by atoms with E-state index in [1.54, 1.807) is 0 Å². The number of hydrogen-bond donors (Lipinski definition) is 1. The molecular formula is C17H24N2O. The molecule has 2 N–H and O–H groups in total. The minimum atomic E-state index is 0.227. The Morgan fingerprint density at radius 1 is 1.10 bits per heavy atom. The van der Waals surface area contributed by atoms with Gasteiger partial charge < -0.3 is 10.6 Å². The van der Waals surface area contributed by atoms with E-state index in [1.807, 2.05) is 17.0 Å². The van der Waals surface area contributed by atoms with Gasteiger partial charge in [0.25, 0.3) is 0 Å². The Labute approximate surface area is 121 Å². The summed E-state index contributed by atoms with van der Waals surface area (Å²) in [6.45, 7) is 0.853. The Balaban J connectivity index is 1.83. The summed E-state index contributed by atoms with van der Waals surface area (Å²) >= 11 is 0. The number of carbonyl (C=O) groups is 1. The number of amides is 1. The molecule has 1 aliphatic heterocycles. The maximum Gasteiger partial charge on any atom is 0.230 e. The van der Waals surface area contributed by atoms with Crippen LogP contribution in [0.15, 0.2) is 18.2 Å². The van der Waals surface area contributed by atoms with E-state index in [-0.39, 0.29) is 5.92 Å². The molecule has 1 amide bonds. The molecule has 0 aromatic heterocycles. The van der Waals surface area contributed by atoms with Crippen LogP contribution in [0.1, 0.15) is 50.5 Å². The van der Waals surface area contributed by atoms with Crippen molar-refractivity contribution < 1.29 is 4.79 Å². The third-order valence-corrected chi connectivity index (χ3v) is 4.70. The summed E-state index contributed by atoms with van der Waals surface area (Å²) in [5.74, 6) is 0.559. The Hall–Kier alpha value is -1.51. The monoisotopic (exact) mass is 272 g/mol. The Morgan fingerprint density at radius 2 is 1.85 bits per heavy atom. The Morgan fingerprint density at radius 3 is 2.60 bits per heavy atom. The molecule has 3 nitrogen and oxygen atoms in total. The van der Waals surface area contributed by atoms with Crippen LogP contribution in [0.3, 0.4) is 0 Å². The SMILES string of the molecule is Nc1ccc2c(c1)N(C(=O)C1CCCCCC1)CCC2. The Kier molecular flexibility index (Phi) is 3.95. The van der Waals surface area contributed by atoms with Gasteiger partial charge in [0.1, 0.15) is 0 Å². The van der Waals surface area contributed by atoms with Crippen LogP contribution in [0.5, 0.6) is 0 Å². The van der Waals surface area contributed by atoms with Gasteiger partial charge in [-0.15, -0.1) is 0 Å². The van der Waals surface area contributed by atoms with Gasteiger partial charge in [0, 0.05) is 23.8 Å². The summed E-state index contributed by atoms with van der Waals surface area (Å²) in [5, 5.41) is 0. The molecule has 2 aliphatic rings. The molecule has 3 rings (SSSR count). The highest BCUT2D eigenvalue weighted by Crippen LogP contribution is 2.32. The summed E-state index contributed by atoms with van der Waals surface area (Å²) in [5.41, 5.74) is 9.00. The van der Waals surface area contributed by atoms with Crippen LogP contribution < -0.4 is 10.6 Å². The van der Waals surface area contributed by atoms with Crippen molar-refractivity contribution in [3.63, 3.8) is 0 Å². The van der Waals surface area contributed by atoms with E-state index >= 15 is 0 Å². The average Bonchev–Trinajstić information content (AvgIpc) is 2.75. The maximum absolute atomic E-state index is 12.9. The van der Waals surface area contributed by atoms with Gasteiger partial charge in [0.05, 0.1) is 0 Å². The number of nitrogens with two attached hydrogens (primary N) is 1. The minimum Gasteiger partial charge on any atom is -0.399 e. The fourth-order valence-corrected chi connectivity index (χ4v) is 3.57. The number of benzene rings is 1. The average molecular weight is 272 g/mol. The number of nitrogen functional groups attached to an aromatic ring is 1. The predicted molar refractivity (Wildman–Crippen MR) is 82.7 cm³/mol. The highest BCUT2D eigenvalue weighted by atomic mass is 16.2. The molecule has 0 atom stereocenters. The molecule has 0 radical (unpaired) electrons. The second-order valence-corrected chi connectivity index (χ2v) is 6.17. The van der Waals surface area contributed by atoms with E-state index < -0.39 is 0 Å². The molecule has 1 aromatic rings. The van der Waals surface area contributed by atoms with Gasteiger partial charge in [-0.25, -0.2) is 0 Å². The molecule has 3 heteroatoms. The highest BCUT2D eigenvalue weighted by molar-refractivity contribution is 5.96. The number of fused-ring (bicyclic) bond motifs is 1. The third kappa shape index (κ3) is 2.67. The van der Waals surface area contributed by atoms with E-state index in [1.165, 1.54) is 31.2 Å². The summed E-state index contributed by atoms with van der Waals surface area (Å²) in [6, 6.07) is 6.00. The second-order valence-electron chi connectivity index (χ2n) is 6.17. The van der Waals surface area contributed by atoms with Crippen LogP contribution in [0.2, 0.25) is 0 Å². The van der Waals surface area contributed by atoms with Crippen molar-refractivity contribution in [1.82, 2.24) is 0 Å². The summed E-state index contributed by atoms with van der Waals surface area (Å²) < 4.78 is 0. The first-order valence-electron chi connectivity index (χ1n) is 7.95. The quantitative estimate of drug-likeness (QED) is 0.628. The van der Waals surface area contributed by atoms with Crippen molar-refractivity contribution >= 4 is 17.3 Å².